The van der Waals surface area contributed by atoms with Gasteiger partial charge in [0.15, 0.2) is 0 Å². The van der Waals surface area contributed by atoms with Gasteiger partial charge in [0.1, 0.15) is 0 Å². The Hall–Kier alpha value is -0.570. The molecule has 0 saturated carbocycles. The molecule has 0 spiro atoms. The lowest BCUT2D eigenvalue weighted by Crippen LogP contribution is -2.34. The van der Waals surface area contributed by atoms with E-state index in [1.54, 1.807) is 0 Å². The Labute approximate surface area is 68.0 Å². The first-order valence-corrected chi connectivity index (χ1v) is 3.83. The summed E-state index contributed by atoms with van der Waals surface area (Å²) >= 11 is 0. The highest BCUT2D eigenvalue weighted by atomic mass is 16.4. The van der Waals surface area contributed by atoms with Gasteiger partial charge in [-0.05, 0) is 20.0 Å². The van der Waals surface area contributed by atoms with Crippen molar-refractivity contribution < 1.29 is 9.90 Å². The summed E-state index contributed by atoms with van der Waals surface area (Å²) in [4.78, 5) is 12.3. The van der Waals surface area contributed by atoms with Gasteiger partial charge in [0.2, 0.25) is 0 Å². The highest BCUT2D eigenvalue weighted by Gasteiger charge is 2.18. The summed E-state index contributed by atoms with van der Waals surface area (Å²) in [5.74, 6) is -0.335. The number of hydrogen-bond donors (Lipinski definition) is 1. The average molecular weight is 159 g/mol. The summed E-state index contributed by atoms with van der Waals surface area (Å²) in [5.41, 5.74) is 0. The van der Waals surface area contributed by atoms with Crippen LogP contribution in [-0.4, -0.2) is 36.1 Å². The van der Waals surface area contributed by atoms with Crippen molar-refractivity contribution in [2.45, 2.75) is 26.3 Å². The zero-order chi connectivity index (χ0) is 9.02. The molecule has 0 amide bonds. The van der Waals surface area contributed by atoms with E-state index in [-0.39, 0.29) is 12.5 Å². The molecule has 0 aromatic carbocycles. The first-order valence-electron chi connectivity index (χ1n) is 3.83. The SMILES string of the molecule is CC(C)C(CC(=O)O)N(C)C. The Morgan fingerprint density at radius 1 is 1.45 bits per heavy atom. The Balaban J connectivity index is 4.00. The second-order valence-electron chi connectivity index (χ2n) is 3.37. The number of carboxylic acids is 1. The van der Waals surface area contributed by atoms with Gasteiger partial charge in [0.25, 0.3) is 0 Å². The van der Waals surface area contributed by atoms with Crippen LogP contribution >= 0.6 is 0 Å². The van der Waals surface area contributed by atoms with Crippen LogP contribution in [0.2, 0.25) is 0 Å². The van der Waals surface area contributed by atoms with Crippen LogP contribution in [0.15, 0.2) is 0 Å². The van der Waals surface area contributed by atoms with Crippen molar-refractivity contribution >= 4 is 5.97 Å². The summed E-state index contributed by atoms with van der Waals surface area (Å²) in [5, 5.41) is 8.56. The van der Waals surface area contributed by atoms with Crippen molar-refractivity contribution in [3.63, 3.8) is 0 Å². The molecular weight excluding hydrogens is 142 g/mol. The van der Waals surface area contributed by atoms with Crippen LogP contribution in [-0.2, 0) is 4.79 Å². The maximum Gasteiger partial charge on any atom is 0.304 e. The quantitative estimate of drug-likeness (QED) is 0.666. The number of carbonyl (C=O) groups is 1. The third-order valence-electron chi connectivity index (χ3n) is 1.82. The van der Waals surface area contributed by atoms with E-state index in [0.29, 0.717) is 5.92 Å². The van der Waals surface area contributed by atoms with E-state index < -0.39 is 5.97 Å². The normalized spacial score (nSPS) is 14.0. The number of nitrogens with zero attached hydrogens (tertiary/aromatic N) is 1. The van der Waals surface area contributed by atoms with E-state index in [4.69, 9.17) is 5.11 Å². The zero-order valence-electron chi connectivity index (χ0n) is 7.66. The number of carboxylic acid groups (broad SMARTS) is 1. The molecule has 0 aliphatic heterocycles. The molecule has 0 aliphatic carbocycles. The lowest BCUT2D eigenvalue weighted by atomic mass is 10.0. The van der Waals surface area contributed by atoms with E-state index in [9.17, 15) is 4.79 Å². The molecule has 1 N–H and O–H groups in total. The van der Waals surface area contributed by atoms with E-state index in [1.165, 1.54) is 0 Å². The van der Waals surface area contributed by atoms with Crippen molar-refractivity contribution in [1.29, 1.82) is 0 Å². The fourth-order valence-corrected chi connectivity index (χ4v) is 1.19. The highest BCUT2D eigenvalue weighted by Crippen LogP contribution is 2.10. The number of rotatable bonds is 4. The Morgan fingerprint density at radius 2 is 1.91 bits per heavy atom. The maximum absolute atomic E-state index is 10.4. The topological polar surface area (TPSA) is 40.5 Å². The van der Waals surface area contributed by atoms with Gasteiger partial charge in [-0.15, -0.1) is 0 Å². The van der Waals surface area contributed by atoms with Gasteiger partial charge in [-0.25, -0.2) is 0 Å². The van der Waals surface area contributed by atoms with Crippen LogP contribution in [0, 0.1) is 5.92 Å². The minimum atomic E-state index is -0.725. The standard InChI is InChI=1S/C8H17NO2/c1-6(2)7(9(3)4)5-8(10)11/h6-7H,5H2,1-4H3,(H,10,11). The molecule has 66 valence electrons. The lowest BCUT2D eigenvalue weighted by molar-refractivity contribution is -0.138. The molecule has 1 atom stereocenters. The molecule has 0 aromatic rings. The Morgan fingerprint density at radius 3 is 2.00 bits per heavy atom. The van der Waals surface area contributed by atoms with Crippen molar-refractivity contribution in [3.05, 3.63) is 0 Å². The third kappa shape index (κ3) is 3.98. The molecule has 0 aromatic heterocycles. The molecule has 0 rings (SSSR count). The van der Waals surface area contributed by atoms with Crippen LogP contribution < -0.4 is 0 Å². The predicted molar refractivity (Wildman–Crippen MR) is 44.6 cm³/mol. The van der Waals surface area contributed by atoms with Gasteiger partial charge in [0, 0.05) is 6.04 Å². The number of hydrogen-bond acceptors (Lipinski definition) is 2. The predicted octanol–water partition coefficient (Wildman–Crippen LogP) is 1.05. The van der Waals surface area contributed by atoms with Crippen molar-refractivity contribution in [3.8, 4) is 0 Å². The minimum Gasteiger partial charge on any atom is -0.481 e. The molecule has 1 unspecified atom stereocenters. The van der Waals surface area contributed by atoms with E-state index in [2.05, 4.69) is 0 Å². The molecule has 0 fully saturated rings. The molecule has 0 saturated heterocycles. The summed E-state index contributed by atoms with van der Waals surface area (Å²) < 4.78 is 0. The van der Waals surface area contributed by atoms with Crippen molar-refractivity contribution in [1.82, 2.24) is 4.90 Å². The molecule has 0 heterocycles. The summed E-state index contributed by atoms with van der Waals surface area (Å²) in [6.07, 6.45) is 0.227. The molecule has 0 radical (unpaired) electrons. The fraction of sp³-hybridized carbons (Fsp3) is 0.875. The third-order valence-corrected chi connectivity index (χ3v) is 1.82. The van der Waals surface area contributed by atoms with Crippen molar-refractivity contribution in [2.75, 3.05) is 14.1 Å². The van der Waals surface area contributed by atoms with Crippen LogP contribution in [0.3, 0.4) is 0 Å². The van der Waals surface area contributed by atoms with Crippen LogP contribution in [0.5, 0.6) is 0 Å². The van der Waals surface area contributed by atoms with Gasteiger partial charge >= 0.3 is 5.97 Å². The first kappa shape index (κ1) is 10.4. The van der Waals surface area contributed by atoms with Crippen LogP contribution in [0.4, 0.5) is 0 Å². The highest BCUT2D eigenvalue weighted by molar-refractivity contribution is 5.67. The van der Waals surface area contributed by atoms with Gasteiger partial charge in [-0.2, -0.15) is 0 Å². The largest absolute Gasteiger partial charge is 0.481 e. The summed E-state index contributed by atoms with van der Waals surface area (Å²) in [6, 6.07) is 0.146. The average Bonchev–Trinajstić information content (AvgIpc) is 1.81. The molecule has 0 aliphatic rings. The Bertz CT molecular complexity index is 124. The van der Waals surface area contributed by atoms with E-state index in [0.717, 1.165) is 0 Å². The smallest absolute Gasteiger partial charge is 0.304 e. The van der Waals surface area contributed by atoms with Gasteiger partial charge in [-0.3, -0.25) is 4.79 Å². The molecule has 11 heavy (non-hydrogen) atoms. The second-order valence-corrected chi connectivity index (χ2v) is 3.37. The summed E-state index contributed by atoms with van der Waals surface area (Å²) in [7, 11) is 3.82. The minimum absolute atomic E-state index is 0.146. The maximum atomic E-state index is 10.4. The van der Waals surface area contributed by atoms with Crippen LogP contribution in [0.1, 0.15) is 20.3 Å². The van der Waals surface area contributed by atoms with Crippen LogP contribution in [0.25, 0.3) is 0 Å². The molecule has 3 nitrogen and oxygen atoms in total. The van der Waals surface area contributed by atoms with Gasteiger partial charge in [0.05, 0.1) is 6.42 Å². The number of aliphatic carboxylic acids is 1. The Kier molecular flexibility index (Phi) is 4.11. The molecule has 3 heteroatoms. The molecule has 0 bridgehead atoms. The van der Waals surface area contributed by atoms with Crippen molar-refractivity contribution in [2.24, 2.45) is 5.92 Å². The monoisotopic (exact) mass is 159 g/mol. The first-order chi connectivity index (χ1) is 4.95. The van der Waals surface area contributed by atoms with E-state index in [1.807, 2.05) is 32.8 Å². The van der Waals surface area contributed by atoms with E-state index >= 15 is 0 Å². The zero-order valence-corrected chi connectivity index (χ0v) is 7.66. The second kappa shape index (κ2) is 4.34. The lowest BCUT2D eigenvalue weighted by Gasteiger charge is -2.26. The van der Waals surface area contributed by atoms with Gasteiger partial charge < -0.3 is 10.0 Å². The fourth-order valence-electron chi connectivity index (χ4n) is 1.19. The van der Waals surface area contributed by atoms with Gasteiger partial charge in [-0.1, -0.05) is 13.8 Å². The summed E-state index contributed by atoms with van der Waals surface area (Å²) in [6.45, 7) is 4.07. The molecular formula is C8H17NO2.